The van der Waals surface area contributed by atoms with Gasteiger partial charge in [0, 0.05) is 17.7 Å². The van der Waals surface area contributed by atoms with E-state index in [1.807, 2.05) is 25.1 Å². The third kappa shape index (κ3) is 5.42. The summed E-state index contributed by atoms with van der Waals surface area (Å²) in [6.45, 7) is 8.15. The zero-order valence-electron chi connectivity index (χ0n) is 14.5. The predicted molar refractivity (Wildman–Crippen MR) is 92.0 cm³/mol. The SMILES string of the molecule is CCOc1ccc(C(=O)NCc2ccco2)cc1COCC(C)C. The fraction of sp³-hybridized carbons (Fsp3) is 0.421. The molecular formula is C19H25NO4. The third-order valence-corrected chi connectivity index (χ3v) is 3.33. The number of ether oxygens (including phenoxy) is 2. The first-order valence-corrected chi connectivity index (χ1v) is 8.24. The number of amides is 1. The van der Waals surface area contributed by atoms with Crippen molar-refractivity contribution >= 4 is 5.91 Å². The highest BCUT2D eigenvalue weighted by Crippen LogP contribution is 2.22. The molecule has 0 aliphatic heterocycles. The highest BCUT2D eigenvalue weighted by Gasteiger charge is 2.11. The number of benzene rings is 1. The van der Waals surface area contributed by atoms with Gasteiger partial charge in [-0.3, -0.25) is 4.79 Å². The molecule has 0 atom stereocenters. The van der Waals surface area contributed by atoms with Crippen LogP contribution in [0.2, 0.25) is 0 Å². The summed E-state index contributed by atoms with van der Waals surface area (Å²) in [7, 11) is 0. The van der Waals surface area contributed by atoms with E-state index in [-0.39, 0.29) is 5.91 Å². The van der Waals surface area contributed by atoms with Crippen molar-refractivity contribution in [3.8, 4) is 5.75 Å². The van der Waals surface area contributed by atoms with Gasteiger partial charge in [0.1, 0.15) is 11.5 Å². The zero-order chi connectivity index (χ0) is 17.4. The van der Waals surface area contributed by atoms with Crippen LogP contribution in [-0.2, 0) is 17.9 Å². The first kappa shape index (κ1) is 18.1. The van der Waals surface area contributed by atoms with Crippen LogP contribution in [0.1, 0.15) is 42.5 Å². The summed E-state index contributed by atoms with van der Waals surface area (Å²) >= 11 is 0. The van der Waals surface area contributed by atoms with Gasteiger partial charge in [0.25, 0.3) is 5.91 Å². The van der Waals surface area contributed by atoms with Gasteiger partial charge in [0.05, 0.1) is 26.0 Å². The van der Waals surface area contributed by atoms with E-state index in [0.29, 0.717) is 37.8 Å². The molecule has 0 aliphatic rings. The molecule has 0 saturated heterocycles. The molecule has 0 unspecified atom stereocenters. The van der Waals surface area contributed by atoms with Crippen molar-refractivity contribution in [3.63, 3.8) is 0 Å². The molecule has 0 saturated carbocycles. The van der Waals surface area contributed by atoms with Crippen LogP contribution in [0.4, 0.5) is 0 Å². The maximum Gasteiger partial charge on any atom is 0.251 e. The van der Waals surface area contributed by atoms with Crippen LogP contribution in [0, 0.1) is 5.92 Å². The fourth-order valence-electron chi connectivity index (χ4n) is 2.22. The van der Waals surface area contributed by atoms with E-state index in [9.17, 15) is 4.79 Å². The second-order valence-corrected chi connectivity index (χ2v) is 5.93. The van der Waals surface area contributed by atoms with Crippen molar-refractivity contribution in [2.45, 2.75) is 33.9 Å². The van der Waals surface area contributed by atoms with Crippen molar-refractivity contribution in [1.82, 2.24) is 5.32 Å². The highest BCUT2D eigenvalue weighted by atomic mass is 16.5. The highest BCUT2D eigenvalue weighted by molar-refractivity contribution is 5.94. The summed E-state index contributed by atoms with van der Waals surface area (Å²) in [4.78, 5) is 12.3. The normalized spacial score (nSPS) is 10.8. The lowest BCUT2D eigenvalue weighted by Gasteiger charge is -2.13. The minimum Gasteiger partial charge on any atom is -0.494 e. The van der Waals surface area contributed by atoms with Crippen LogP contribution >= 0.6 is 0 Å². The van der Waals surface area contributed by atoms with Gasteiger partial charge in [0.15, 0.2) is 0 Å². The van der Waals surface area contributed by atoms with Gasteiger partial charge in [-0.1, -0.05) is 13.8 Å². The monoisotopic (exact) mass is 331 g/mol. The molecule has 2 aromatic rings. The molecule has 1 amide bonds. The van der Waals surface area contributed by atoms with Gasteiger partial charge >= 0.3 is 0 Å². The molecule has 1 aromatic heterocycles. The molecule has 0 spiro atoms. The molecule has 1 heterocycles. The Morgan fingerprint density at radius 2 is 2.12 bits per heavy atom. The number of carbonyl (C=O) groups is 1. The smallest absolute Gasteiger partial charge is 0.251 e. The Morgan fingerprint density at radius 3 is 2.79 bits per heavy atom. The number of furan rings is 1. The minimum absolute atomic E-state index is 0.153. The van der Waals surface area contributed by atoms with Gasteiger partial charge in [-0.2, -0.15) is 0 Å². The molecule has 1 aromatic carbocycles. The zero-order valence-corrected chi connectivity index (χ0v) is 14.5. The summed E-state index contributed by atoms with van der Waals surface area (Å²) < 4.78 is 16.5. The van der Waals surface area contributed by atoms with E-state index in [1.54, 1.807) is 18.4 Å². The Hall–Kier alpha value is -2.27. The van der Waals surface area contributed by atoms with E-state index < -0.39 is 0 Å². The summed E-state index contributed by atoms with van der Waals surface area (Å²) in [5.41, 5.74) is 1.45. The lowest BCUT2D eigenvalue weighted by atomic mass is 10.1. The van der Waals surface area contributed by atoms with Crippen molar-refractivity contribution < 1.29 is 18.7 Å². The lowest BCUT2D eigenvalue weighted by Crippen LogP contribution is -2.22. The third-order valence-electron chi connectivity index (χ3n) is 3.33. The largest absolute Gasteiger partial charge is 0.494 e. The van der Waals surface area contributed by atoms with Gasteiger partial charge in [0.2, 0.25) is 0 Å². The molecule has 24 heavy (non-hydrogen) atoms. The number of hydrogen-bond acceptors (Lipinski definition) is 4. The van der Waals surface area contributed by atoms with Crippen molar-refractivity contribution in [2.24, 2.45) is 5.92 Å². The Balaban J connectivity index is 2.04. The predicted octanol–water partition coefficient (Wildman–Crippen LogP) is 3.78. The minimum atomic E-state index is -0.153. The maximum absolute atomic E-state index is 12.3. The molecule has 2 rings (SSSR count). The molecule has 5 heteroatoms. The topological polar surface area (TPSA) is 60.7 Å². The van der Waals surface area contributed by atoms with Crippen molar-refractivity contribution in [1.29, 1.82) is 0 Å². The van der Waals surface area contributed by atoms with Crippen LogP contribution in [0.25, 0.3) is 0 Å². The average molecular weight is 331 g/mol. The van der Waals surface area contributed by atoms with Crippen molar-refractivity contribution in [2.75, 3.05) is 13.2 Å². The van der Waals surface area contributed by atoms with E-state index in [0.717, 1.165) is 17.1 Å². The number of carbonyl (C=O) groups excluding carboxylic acids is 1. The van der Waals surface area contributed by atoms with Gasteiger partial charge in [-0.05, 0) is 43.2 Å². The molecular weight excluding hydrogens is 306 g/mol. The lowest BCUT2D eigenvalue weighted by molar-refractivity contribution is 0.0933. The first-order chi connectivity index (χ1) is 11.6. The van der Waals surface area contributed by atoms with E-state index in [1.165, 1.54) is 0 Å². The molecule has 1 N–H and O–H groups in total. The van der Waals surface area contributed by atoms with Gasteiger partial charge in [-0.15, -0.1) is 0 Å². The molecule has 0 bridgehead atoms. The Bertz CT molecular complexity index is 635. The summed E-state index contributed by atoms with van der Waals surface area (Å²) in [5, 5.41) is 2.84. The summed E-state index contributed by atoms with van der Waals surface area (Å²) in [5.74, 6) is 1.78. The average Bonchev–Trinajstić information content (AvgIpc) is 3.07. The molecule has 0 aliphatic carbocycles. The van der Waals surface area contributed by atoms with Crippen molar-refractivity contribution in [3.05, 3.63) is 53.5 Å². The van der Waals surface area contributed by atoms with Crippen LogP contribution in [0.5, 0.6) is 5.75 Å². The van der Waals surface area contributed by atoms with Crippen LogP contribution < -0.4 is 10.1 Å². The molecule has 0 radical (unpaired) electrons. The molecule has 0 fully saturated rings. The van der Waals surface area contributed by atoms with Crippen LogP contribution in [0.3, 0.4) is 0 Å². The number of hydrogen-bond donors (Lipinski definition) is 1. The Morgan fingerprint density at radius 1 is 1.29 bits per heavy atom. The van der Waals surface area contributed by atoms with E-state index in [2.05, 4.69) is 19.2 Å². The van der Waals surface area contributed by atoms with Gasteiger partial charge < -0.3 is 19.2 Å². The fourth-order valence-corrected chi connectivity index (χ4v) is 2.22. The van der Waals surface area contributed by atoms with E-state index >= 15 is 0 Å². The Kier molecular flexibility index (Phi) is 6.88. The summed E-state index contributed by atoms with van der Waals surface area (Å²) in [6.07, 6.45) is 1.59. The molecule has 5 nitrogen and oxygen atoms in total. The second-order valence-electron chi connectivity index (χ2n) is 5.93. The number of rotatable bonds is 9. The van der Waals surface area contributed by atoms with E-state index in [4.69, 9.17) is 13.9 Å². The summed E-state index contributed by atoms with van der Waals surface area (Å²) in [6, 6.07) is 9.02. The maximum atomic E-state index is 12.3. The van der Waals surface area contributed by atoms with Gasteiger partial charge in [-0.25, -0.2) is 0 Å². The first-order valence-electron chi connectivity index (χ1n) is 8.24. The molecule has 130 valence electrons. The van der Waals surface area contributed by atoms with Crippen LogP contribution in [0.15, 0.2) is 41.0 Å². The van der Waals surface area contributed by atoms with Crippen LogP contribution in [-0.4, -0.2) is 19.1 Å². The number of nitrogens with one attached hydrogen (secondary N) is 1. The quantitative estimate of drug-likeness (QED) is 0.759. The second kappa shape index (κ2) is 9.13. The Labute approximate surface area is 143 Å². The standard InChI is InChI=1S/C19H25NO4/c1-4-23-18-8-7-15(10-16(18)13-22-12-14(2)3)19(21)20-11-17-6-5-9-24-17/h5-10,14H,4,11-13H2,1-3H3,(H,20,21).